The number of rotatable bonds is 8. The van der Waals surface area contributed by atoms with Crippen LogP contribution in [0.25, 0.3) is 0 Å². The first-order valence-electron chi connectivity index (χ1n) is 30.4. The smallest absolute Gasteiger partial charge is 0.410 e. The summed E-state index contributed by atoms with van der Waals surface area (Å²) in [6.45, 7) is 33.4. The molecule has 10 rings (SSSR count). The van der Waals surface area contributed by atoms with Crippen LogP contribution < -0.4 is 21.3 Å². The summed E-state index contributed by atoms with van der Waals surface area (Å²) >= 11 is 0. The molecule has 10 heterocycles. The number of aryl methyl sites for hydroxylation is 4. The lowest BCUT2D eigenvalue weighted by Crippen LogP contribution is -2.45. The van der Waals surface area contributed by atoms with Gasteiger partial charge in [0.2, 0.25) is 23.6 Å². The minimum atomic E-state index is -0.506. The van der Waals surface area contributed by atoms with E-state index in [1.807, 2.05) is 69.2 Å². The molecule has 26 nitrogen and oxygen atoms in total. The van der Waals surface area contributed by atoms with E-state index < -0.39 is 11.2 Å². The van der Waals surface area contributed by atoms with Gasteiger partial charge in [0.15, 0.2) is 23.3 Å². The molecule has 0 saturated carbocycles. The number of ether oxygens (including phenoxy) is 4. The Balaban J connectivity index is 0.000000187. The Morgan fingerprint density at radius 2 is 0.774 bits per heavy atom. The summed E-state index contributed by atoms with van der Waals surface area (Å²) in [5, 5.41) is 28.3. The molecule has 4 N–H and O–H groups in total. The molecule has 6 atom stereocenters. The predicted octanol–water partition coefficient (Wildman–Crippen LogP) is 7.77. The Labute approximate surface area is 495 Å². The van der Waals surface area contributed by atoms with E-state index in [1.54, 1.807) is 23.6 Å². The third kappa shape index (κ3) is 25.2. The van der Waals surface area contributed by atoms with Gasteiger partial charge >= 0.3 is 24.1 Å². The Hall–Kier alpha value is -6.12. The van der Waals surface area contributed by atoms with Gasteiger partial charge < -0.3 is 68.1 Å². The molecular formula is C58H98N14O12. The van der Waals surface area contributed by atoms with Gasteiger partial charge in [0, 0.05) is 52.4 Å². The van der Waals surface area contributed by atoms with E-state index in [9.17, 15) is 19.2 Å². The number of nitrogens with one attached hydrogen (secondary N) is 4. The first-order chi connectivity index (χ1) is 40.1. The highest BCUT2D eigenvalue weighted by Gasteiger charge is 2.33. The van der Waals surface area contributed by atoms with E-state index in [1.165, 1.54) is 19.3 Å². The molecule has 0 aromatic carbocycles. The topological polar surface area (TPSA) is 315 Å². The number of carbonyl (C=O) groups excluding carboxylic acids is 4. The maximum Gasteiger partial charge on any atom is 0.410 e. The van der Waals surface area contributed by atoms with E-state index in [0.717, 1.165) is 152 Å². The van der Waals surface area contributed by atoms with E-state index in [-0.39, 0.29) is 41.9 Å². The average Bonchev–Trinajstić information content (AvgIpc) is 4.39. The van der Waals surface area contributed by atoms with Gasteiger partial charge in [0.1, 0.15) is 11.2 Å². The van der Waals surface area contributed by atoms with Crippen LogP contribution in [0.5, 0.6) is 0 Å². The van der Waals surface area contributed by atoms with Gasteiger partial charge in [0.05, 0.1) is 48.7 Å². The highest BCUT2D eigenvalue weighted by molar-refractivity contribution is 5.75. The van der Waals surface area contributed by atoms with Crippen molar-refractivity contribution in [2.45, 2.75) is 195 Å². The molecule has 6 fully saturated rings. The molecule has 0 aliphatic carbocycles. The second-order valence-electron chi connectivity index (χ2n) is 23.9. The van der Waals surface area contributed by atoms with Crippen molar-refractivity contribution in [1.82, 2.24) is 71.6 Å². The third-order valence-electron chi connectivity index (χ3n) is 14.1. The molecule has 84 heavy (non-hydrogen) atoms. The first-order valence-corrected chi connectivity index (χ1v) is 30.4. The Kier molecular flexibility index (Phi) is 28.9. The molecule has 0 bridgehead atoms. The zero-order valence-electron chi connectivity index (χ0n) is 52.2. The van der Waals surface area contributed by atoms with Gasteiger partial charge in [-0.1, -0.05) is 20.6 Å². The van der Waals surface area contributed by atoms with E-state index >= 15 is 0 Å². The third-order valence-corrected chi connectivity index (χ3v) is 14.1. The summed E-state index contributed by atoms with van der Waals surface area (Å²) in [6.07, 6.45) is 12.0. The summed E-state index contributed by atoms with van der Waals surface area (Å²) in [4.78, 5) is 66.9. The summed E-state index contributed by atoms with van der Waals surface area (Å²) < 4.78 is 41.1. The number of amides is 2. The number of carbonyl (C=O) groups is 4. The molecule has 4 aromatic rings. The quantitative estimate of drug-likeness (QED) is 0.0966. The summed E-state index contributed by atoms with van der Waals surface area (Å²) in [6, 6.07) is 0. The molecule has 0 radical (unpaired) electrons. The van der Waals surface area contributed by atoms with Crippen molar-refractivity contribution in [3.63, 3.8) is 0 Å². The van der Waals surface area contributed by atoms with Crippen molar-refractivity contribution in [2.24, 2.45) is 11.8 Å². The summed E-state index contributed by atoms with van der Waals surface area (Å²) in [5.41, 5.74) is -0.973. The molecule has 6 aliphatic rings. The molecule has 6 aliphatic heterocycles. The van der Waals surface area contributed by atoms with Crippen LogP contribution in [0.2, 0.25) is 0 Å². The van der Waals surface area contributed by atoms with Gasteiger partial charge in [-0.15, -0.1) is 0 Å². The van der Waals surface area contributed by atoms with Crippen molar-refractivity contribution in [1.29, 1.82) is 0 Å². The fraction of sp³-hybridized carbons (Fsp3) is 0.793. The molecule has 2 amide bonds. The van der Waals surface area contributed by atoms with Crippen LogP contribution in [-0.2, 0) is 28.5 Å². The number of hydrogen-bond donors (Lipinski definition) is 4. The Morgan fingerprint density at radius 3 is 1.10 bits per heavy atom. The van der Waals surface area contributed by atoms with Crippen molar-refractivity contribution >= 4 is 24.1 Å². The maximum atomic E-state index is 12.0. The number of hydrogen-bond acceptors (Lipinski definition) is 24. The molecule has 26 heteroatoms. The van der Waals surface area contributed by atoms with E-state index in [4.69, 9.17) is 37.0 Å². The maximum absolute atomic E-state index is 12.0. The van der Waals surface area contributed by atoms with Crippen LogP contribution in [0.1, 0.15) is 203 Å². The molecular weight excluding hydrogens is 1080 g/mol. The average molecular weight is 1180 g/mol. The van der Waals surface area contributed by atoms with Crippen LogP contribution >= 0.6 is 0 Å². The van der Waals surface area contributed by atoms with Gasteiger partial charge in [-0.25, -0.2) is 9.59 Å². The Morgan fingerprint density at radius 1 is 0.452 bits per heavy atom. The minimum Gasteiger partial charge on any atom is -0.466 e. The van der Waals surface area contributed by atoms with Gasteiger partial charge in [0.25, 0.3) is 0 Å². The van der Waals surface area contributed by atoms with Crippen LogP contribution in [0, 0.1) is 39.5 Å². The van der Waals surface area contributed by atoms with Crippen molar-refractivity contribution in [3.8, 4) is 0 Å². The molecule has 0 spiro atoms. The second kappa shape index (κ2) is 35.4. The van der Waals surface area contributed by atoms with E-state index in [2.05, 4.69) is 61.8 Å². The van der Waals surface area contributed by atoms with Crippen molar-refractivity contribution < 1.29 is 56.2 Å². The summed E-state index contributed by atoms with van der Waals surface area (Å²) in [7, 11) is 0. The largest absolute Gasteiger partial charge is 0.466 e. The lowest BCUT2D eigenvalue weighted by Gasteiger charge is -2.33. The van der Waals surface area contributed by atoms with Crippen LogP contribution in [0.3, 0.4) is 0 Å². The highest BCUT2D eigenvalue weighted by atomic mass is 16.6. The number of aromatic nitrogens is 8. The lowest BCUT2D eigenvalue weighted by atomic mass is 9.98. The van der Waals surface area contributed by atoms with Crippen molar-refractivity contribution in [3.05, 3.63) is 46.9 Å². The zero-order valence-corrected chi connectivity index (χ0v) is 52.2. The lowest BCUT2D eigenvalue weighted by molar-refractivity contribution is -0.150. The number of likely N-dealkylation sites (tertiary alicyclic amines) is 2. The monoisotopic (exact) mass is 1180 g/mol. The molecule has 6 saturated heterocycles. The second-order valence-corrected chi connectivity index (χ2v) is 23.9. The van der Waals surface area contributed by atoms with Crippen molar-refractivity contribution in [2.75, 3.05) is 91.8 Å². The standard InChI is InChI=1S/C13H21N3O3.C13H23NO4.3C8H13N3O.C8H15NO2/c1-9-14-11(19-15-9)10-6-5-7-16(8-10)12(17)18-13(2,3)4;1-5-17-11(15)10-7-6-8-14(9-10)12(16)18-13(2,3)4;3*1-6-10-8(12-11-6)7-3-2-4-9-5-7;1-2-11-8(10)7-4-3-5-9-6-7/h10H,5-8H2,1-4H3;10H,5-9H2,1-4H3;3*7,9H,2-5H2,1H3;7,9H,2-6H2,1H3/t;;2*7-;;/m..10../s1. The van der Waals surface area contributed by atoms with Gasteiger partial charge in [-0.3, -0.25) is 9.59 Å². The Bertz CT molecular complexity index is 2380. The van der Waals surface area contributed by atoms with Gasteiger partial charge in [-0.05, 0) is 186 Å². The van der Waals surface area contributed by atoms with Gasteiger partial charge in [-0.2, -0.15) is 19.9 Å². The number of piperidine rings is 6. The minimum absolute atomic E-state index is 0.0419. The molecule has 4 aromatic heterocycles. The fourth-order valence-electron chi connectivity index (χ4n) is 10.0. The molecule has 4 unspecified atom stereocenters. The first kappa shape index (κ1) is 68.7. The highest BCUT2D eigenvalue weighted by Crippen LogP contribution is 2.28. The number of nitrogens with zero attached hydrogens (tertiary/aromatic N) is 10. The predicted molar refractivity (Wildman–Crippen MR) is 310 cm³/mol. The molecule has 472 valence electrons. The van der Waals surface area contributed by atoms with Crippen LogP contribution in [-0.4, -0.2) is 177 Å². The zero-order chi connectivity index (χ0) is 61.1. The van der Waals surface area contributed by atoms with Crippen LogP contribution in [0.15, 0.2) is 18.1 Å². The summed E-state index contributed by atoms with van der Waals surface area (Å²) in [5.74, 6) is 6.85. The fourth-order valence-corrected chi connectivity index (χ4v) is 10.0. The number of esters is 2. The SMILES string of the molecule is CCOC(=O)C1CCCN(C(=O)OC(C)(C)C)C1.CCOC(=O)C1CCCNC1.Cc1noc(C2CCCN(C(=O)OC(C)(C)C)C2)n1.Cc1noc(C2CCCNC2)n1.Cc1noc([C@@H]2CCCNC2)n1.Cc1noc([C@H]2CCCNC2)n1. The van der Waals surface area contributed by atoms with E-state index in [0.29, 0.717) is 62.3 Å². The van der Waals surface area contributed by atoms with Crippen LogP contribution in [0.4, 0.5) is 9.59 Å². The normalized spacial score (nSPS) is 22.6.